The number of hydrazine groups is 1. The summed E-state index contributed by atoms with van der Waals surface area (Å²) in [7, 11) is 0. The molecule has 1 amide bonds. The van der Waals surface area contributed by atoms with Crippen LogP contribution in [0.5, 0.6) is 0 Å². The summed E-state index contributed by atoms with van der Waals surface area (Å²) in [5.74, 6) is -0.298. The van der Waals surface area contributed by atoms with E-state index < -0.39 is 0 Å². The molecule has 1 aromatic rings. The van der Waals surface area contributed by atoms with Gasteiger partial charge in [-0.1, -0.05) is 29.3 Å². The number of nitrogens with one attached hydrogen (secondary N) is 2. The van der Waals surface area contributed by atoms with Crippen molar-refractivity contribution in [3.05, 3.63) is 28.2 Å². The number of aliphatic imine (C=N–C) groups is 1. The van der Waals surface area contributed by atoms with Crippen LogP contribution in [-0.4, -0.2) is 11.9 Å². The Labute approximate surface area is 115 Å². The van der Waals surface area contributed by atoms with Gasteiger partial charge in [0.05, 0.1) is 10.0 Å². The lowest BCUT2D eigenvalue weighted by Crippen LogP contribution is -2.44. The fourth-order valence-electron chi connectivity index (χ4n) is 0.896. The second kappa shape index (κ2) is 7.21. The van der Waals surface area contributed by atoms with E-state index in [1.54, 1.807) is 18.2 Å². The number of guanidine groups is 1. The minimum atomic E-state index is -0.289. The molecule has 0 radical (unpaired) electrons. The lowest BCUT2D eigenvalue weighted by molar-refractivity contribution is -0.119. The van der Waals surface area contributed by atoms with E-state index in [1.165, 1.54) is 6.92 Å². The smallest absolute Gasteiger partial charge is 0.235 e. The molecule has 0 unspecified atom stereocenters. The molecule has 0 heterocycles. The van der Waals surface area contributed by atoms with Gasteiger partial charge in [0, 0.05) is 6.92 Å². The van der Waals surface area contributed by atoms with E-state index in [2.05, 4.69) is 15.8 Å². The van der Waals surface area contributed by atoms with Crippen LogP contribution in [-0.2, 0) is 4.79 Å². The highest BCUT2D eigenvalue weighted by molar-refractivity contribution is 6.38. The molecule has 0 bridgehead atoms. The second-order valence-corrected chi connectivity index (χ2v) is 3.69. The predicted molar refractivity (Wildman–Crippen MR) is 71.9 cm³/mol. The number of halogens is 3. The molecule has 0 fully saturated rings. The van der Waals surface area contributed by atoms with Crippen molar-refractivity contribution in [1.29, 1.82) is 0 Å². The molecule has 17 heavy (non-hydrogen) atoms. The van der Waals surface area contributed by atoms with Crippen LogP contribution in [0.4, 0.5) is 5.69 Å². The Balaban J connectivity index is 0.00000256. The van der Waals surface area contributed by atoms with Crippen molar-refractivity contribution in [2.24, 2.45) is 10.7 Å². The van der Waals surface area contributed by atoms with Crippen molar-refractivity contribution in [2.75, 3.05) is 0 Å². The van der Waals surface area contributed by atoms with E-state index >= 15 is 0 Å². The Morgan fingerprint density at radius 3 is 2.29 bits per heavy atom. The van der Waals surface area contributed by atoms with Crippen LogP contribution < -0.4 is 16.6 Å². The van der Waals surface area contributed by atoms with E-state index in [-0.39, 0.29) is 24.3 Å². The van der Waals surface area contributed by atoms with E-state index in [0.717, 1.165) is 0 Å². The number of rotatable bonds is 1. The first kappa shape index (κ1) is 15.8. The lowest BCUT2D eigenvalue weighted by Gasteiger charge is -2.06. The van der Waals surface area contributed by atoms with E-state index in [9.17, 15) is 4.79 Å². The van der Waals surface area contributed by atoms with Gasteiger partial charge in [-0.3, -0.25) is 15.6 Å². The number of hydrogen-bond donors (Lipinski definition) is 3. The summed E-state index contributed by atoms with van der Waals surface area (Å²) in [6.45, 7) is 1.34. The maximum Gasteiger partial charge on any atom is 0.235 e. The van der Waals surface area contributed by atoms with Crippen molar-refractivity contribution in [3.63, 3.8) is 0 Å². The Kier molecular flexibility index (Phi) is 6.72. The van der Waals surface area contributed by atoms with Gasteiger partial charge < -0.3 is 5.73 Å². The quantitative estimate of drug-likeness (QED) is 0.421. The summed E-state index contributed by atoms with van der Waals surface area (Å²) in [4.78, 5) is 14.5. The standard InChI is InChI=1S/C9H10Cl2N4O.ClH/c1-5(16)14-15-9(12)13-8-6(10)3-2-4-7(8)11;/h2-4H,1H3,(H,14,16)(H3,12,13,15);1H. The summed E-state index contributed by atoms with van der Waals surface area (Å²) in [5.41, 5.74) is 10.5. The van der Waals surface area contributed by atoms with Gasteiger partial charge in [0.2, 0.25) is 11.9 Å². The molecule has 0 aliphatic heterocycles. The molecular formula is C9H11Cl3N4O. The topological polar surface area (TPSA) is 79.5 Å². The molecule has 1 rings (SSSR count). The molecule has 5 nitrogen and oxygen atoms in total. The fourth-order valence-corrected chi connectivity index (χ4v) is 1.38. The zero-order chi connectivity index (χ0) is 12.1. The molecule has 0 spiro atoms. The molecular weight excluding hydrogens is 286 g/mol. The maximum absolute atomic E-state index is 10.6. The molecule has 0 saturated heterocycles. The van der Waals surface area contributed by atoms with Crippen LogP contribution in [0.3, 0.4) is 0 Å². The minimum absolute atomic E-state index is 0. The summed E-state index contributed by atoms with van der Waals surface area (Å²) >= 11 is 11.7. The summed E-state index contributed by atoms with van der Waals surface area (Å²) < 4.78 is 0. The monoisotopic (exact) mass is 296 g/mol. The summed E-state index contributed by atoms with van der Waals surface area (Å²) in [5, 5.41) is 0.750. The third kappa shape index (κ3) is 5.12. The van der Waals surface area contributed by atoms with Crippen molar-refractivity contribution in [3.8, 4) is 0 Å². The molecule has 8 heteroatoms. The Hall–Kier alpha value is -1.17. The number of benzene rings is 1. The number of nitrogens with two attached hydrogens (primary N) is 1. The zero-order valence-electron chi connectivity index (χ0n) is 8.83. The molecule has 0 aromatic heterocycles. The summed E-state index contributed by atoms with van der Waals surface area (Å²) in [6, 6.07) is 4.97. The Morgan fingerprint density at radius 1 is 1.29 bits per heavy atom. The van der Waals surface area contributed by atoms with Crippen LogP contribution in [0.2, 0.25) is 10.0 Å². The average Bonchev–Trinajstić information content (AvgIpc) is 2.21. The SMILES string of the molecule is CC(=O)NNC(N)=Nc1c(Cl)cccc1Cl.Cl. The van der Waals surface area contributed by atoms with Gasteiger partial charge in [0.1, 0.15) is 5.69 Å². The van der Waals surface area contributed by atoms with Gasteiger partial charge in [-0.25, -0.2) is 4.99 Å². The number of hydrogen-bond acceptors (Lipinski definition) is 2. The predicted octanol–water partition coefficient (Wildman–Crippen LogP) is 2.00. The highest BCUT2D eigenvalue weighted by Crippen LogP contribution is 2.32. The minimum Gasteiger partial charge on any atom is -0.368 e. The van der Waals surface area contributed by atoms with Gasteiger partial charge in [-0.15, -0.1) is 12.4 Å². The van der Waals surface area contributed by atoms with Gasteiger partial charge in [-0.2, -0.15) is 0 Å². The third-order valence-electron chi connectivity index (χ3n) is 1.54. The largest absolute Gasteiger partial charge is 0.368 e. The fraction of sp³-hybridized carbons (Fsp3) is 0.111. The molecule has 0 saturated carbocycles. The van der Waals surface area contributed by atoms with Crippen molar-refractivity contribution in [1.82, 2.24) is 10.9 Å². The highest BCUT2D eigenvalue weighted by atomic mass is 35.5. The van der Waals surface area contributed by atoms with Crippen LogP contribution >= 0.6 is 35.6 Å². The lowest BCUT2D eigenvalue weighted by atomic mass is 10.3. The van der Waals surface area contributed by atoms with Crippen LogP contribution in [0, 0.1) is 0 Å². The molecule has 94 valence electrons. The van der Waals surface area contributed by atoms with Crippen molar-refractivity contribution < 1.29 is 4.79 Å². The van der Waals surface area contributed by atoms with Gasteiger partial charge in [0.15, 0.2) is 0 Å². The summed E-state index contributed by atoms with van der Waals surface area (Å²) in [6.07, 6.45) is 0. The first-order valence-corrected chi connectivity index (χ1v) is 5.07. The average molecular weight is 298 g/mol. The van der Waals surface area contributed by atoms with E-state index in [1.807, 2.05) is 0 Å². The number of carbonyl (C=O) groups is 1. The molecule has 0 aliphatic rings. The third-order valence-corrected chi connectivity index (χ3v) is 2.15. The van der Waals surface area contributed by atoms with Crippen molar-refractivity contribution >= 4 is 53.2 Å². The number of nitrogens with zero attached hydrogens (tertiary/aromatic N) is 1. The number of amides is 1. The van der Waals surface area contributed by atoms with Crippen LogP contribution in [0.25, 0.3) is 0 Å². The Bertz CT molecular complexity index is 416. The van der Waals surface area contributed by atoms with Gasteiger partial charge in [-0.05, 0) is 12.1 Å². The van der Waals surface area contributed by atoms with Crippen molar-refractivity contribution in [2.45, 2.75) is 6.92 Å². The normalized spacial score (nSPS) is 10.4. The zero-order valence-corrected chi connectivity index (χ0v) is 11.2. The van der Waals surface area contributed by atoms with Crippen LogP contribution in [0.1, 0.15) is 6.92 Å². The molecule has 0 atom stereocenters. The highest BCUT2D eigenvalue weighted by Gasteiger charge is 2.04. The molecule has 1 aromatic carbocycles. The van der Waals surface area contributed by atoms with E-state index in [4.69, 9.17) is 28.9 Å². The van der Waals surface area contributed by atoms with Crippen LogP contribution in [0.15, 0.2) is 23.2 Å². The second-order valence-electron chi connectivity index (χ2n) is 2.87. The molecule has 4 N–H and O–H groups in total. The van der Waals surface area contributed by atoms with Gasteiger partial charge >= 0.3 is 0 Å². The van der Waals surface area contributed by atoms with E-state index in [0.29, 0.717) is 15.7 Å². The molecule has 0 aliphatic carbocycles. The van der Waals surface area contributed by atoms with Gasteiger partial charge in [0.25, 0.3) is 0 Å². The number of para-hydroxylation sites is 1. The number of carbonyl (C=O) groups excluding carboxylic acids is 1. The first-order valence-electron chi connectivity index (χ1n) is 4.31. The first-order chi connectivity index (χ1) is 7.50. The maximum atomic E-state index is 10.6. The Morgan fingerprint density at radius 2 is 1.82 bits per heavy atom.